The van der Waals surface area contributed by atoms with E-state index in [-0.39, 0.29) is 23.4 Å². The van der Waals surface area contributed by atoms with Gasteiger partial charge in [-0.2, -0.15) is 4.98 Å². The van der Waals surface area contributed by atoms with Gasteiger partial charge in [0.2, 0.25) is 9.84 Å². The highest BCUT2D eigenvalue weighted by Gasteiger charge is 2.27. The third-order valence-electron chi connectivity index (χ3n) is 3.00. The quantitative estimate of drug-likeness (QED) is 0.849. The van der Waals surface area contributed by atoms with Crippen LogP contribution in [-0.2, 0) is 21.2 Å². The smallest absolute Gasteiger partial charge is 0.266 e. The van der Waals surface area contributed by atoms with Crippen molar-refractivity contribution in [3.05, 3.63) is 5.82 Å². The SMILES string of the molecule is COCc1nc(S(=O)(=O)CC2CCCC2)n[nH]1. The van der Waals surface area contributed by atoms with Crippen molar-refractivity contribution in [3.8, 4) is 0 Å². The second-order valence-electron chi connectivity index (χ2n) is 4.43. The van der Waals surface area contributed by atoms with Crippen molar-refractivity contribution in [2.45, 2.75) is 37.4 Å². The standard InChI is InChI=1S/C10H17N3O3S/c1-16-6-9-11-10(13-12-9)17(14,15)7-8-4-2-3-5-8/h8H,2-7H2,1H3,(H,11,12,13). The summed E-state index contributed by atoms with van der Waals surface area (Å²) in [5, 5.41) is 6.22. The molecule has 1 aromatic rings. The maximum atomic E-state index is 12.0. The van der Waals surface area contributed by atoms with Crippen LogP contribution in [0.5, 0.6) is 0 Å². The third-order valence-corrected chi connectivity index (χ3v) is 4.65. The van der Waals surface area contributed by atoms with Crippen molar-refractivity contribution in [2.24, 2.45) is 5.92 Å². The predicted molar refractivity (Wildman–Crippen MR) is 61.1 cm³/mol. The fourth-order valence-corrected chi connectivity index (χ4v) is 3.72. The number of hydrogen-bond acceptors (Lipinski definition) is 5. The lowest BCUT2D eigenvalue weighted by Crippen LogP contribution is -2.15. The molecule has 7 heteroatoms. The molecule has 0 bridgehead atoms. The molecule has 1 aliphatic rings. The van der Waals surface area contributed by atoms with Crippen molar-refractivity contribution in [1.82, 2.24) is 15.2 Å². The molecule has 1 saturated carbocycles. The van der Waals surface area contributed by atoms with Crippen LogP contribution in [0.1, 0.15) is 31.5 Å². The highest BCUT2D eigenvalue weighted by Crippen LogP contribution is 2.27. The second-order valence-corrected chi connectivity index (χ2v) is 6.36. The van der Waals surface area contributed by atoms with E-state index in [1.807, 2.05) is 0 Å². The zero-order valence-electron chi connectivity index (χ0n) is 9.85. The van der Waals surface area contributed by atoms with E-state index < -0.39 is 9.84 Å². The molecule has 6 nitrogen and oxygen atoms in total. The minimum Gasteiger partial charge on any atom is -0.377 e. The summed E-state index contributed by atoms with van der Waals surface area (Å²) < 4.78 is 28.9. The molecule has 96 valence electrons. The van der Waals surface area contributed by atoms with Crippen molar-refractivity contribution >= 4 is 9.84 Å². The minimum absolute atomic E-state index is 0.101. The van der Waals surface area contributed by atoms with E-state index in [1.54, 1.807) is 0 Å². The first-order valence-corrected chi connectivity index (χ1v) is 7.40. The number of sulfone groups is 1. The van der Waals surface area contributed by atoms with Crippen LogP contribution in [0.15, 0.2) is 5.16 Å². The van der Waals surface area contributed by atoms with E-state index in [9.17, 15) is 8.42 Å². The molecule has 1 fully saturated rings. The average Bonchev–Trinajstić information content (AvgIpc) is 2.88. The normalized spacial score (nSPS) is 17.7. The van der Waals surface area contributed by atoms with Crippen molar-refractivity contribution < 1.29 is 13.2 Å². The number of nitrogens with zero attached hydrogens (tertiary/aromatic N) is 2. The Morgan fingerprint density at radius 2 is 2.12 bits per heavy atom. The fourth-order valence-electron chi connectivity index (χ4n) is 2.18. The van der Waals surface area contributed by atoms with Crippen LogP contribution >= 0.6 is 0 Å². The van der Waals surface area contributed by atoms with Gasteiger partial charge >= 0.3 is 0 Å². The van der Waals surface area contributed by atoms with E-state index in [0.29, 0.717) is 5.82 Å². The van der Waals surface area contributed by atoms with E-state index in [2.05, 4.69) is 15.2 Å². The van der Waals surface area contributed by atoms with Gasteiger partial charge in [-0.05, 0) is 18.8 Å². The lowest BCUT2D eigenvalue weighted by molar-refractivity contribution is 0.178. The Bertz CT molecular complexity index is 463. The molecule has 1 heterocycles. The molecule has 0 aromatic carbocycles. The van der Waals surface area contributed by atoms with Crippen LogP contribution in [0.25, 0.3) is 0 Å². The van der Waals surface area contributed by atoms with E-state index >= 15 is 0 Å². The number of methoxy groups -OCH3 is 1. The number of H-pyrrole nitrogens is 1. The highest BCUT2D eigenvalue weighted by atomic mass is 32.2. The zero-order chi connectivity index (χ0) is 12.3. The van der Waals surface area contributed by atoms with Crippen molar-refractivity contribution in [1.29, 1.82) is 0 Å². The number of ether oxygens (including phenoxy) is 1. The maximum Gasteiger partial charge on any atom is 0.266 e. The van der Waals surface area contributed by atoms with Crippen LogP contribution in [0.2, 0.25) is 0 Å². The molecule has 0 spiro atoms. The van der Waals surface area contributed by atoms with Gasteiger partial charge in [0.1, 0.15) is 6.61 Å². The Kier molecular flexibility index (Phi) is 3.78. The number of hydrogen-bond donors (Lipinski definition) is 1. The van der Waals surface area contributed by atoms with Gasteiger partial charge in [0.25, 0.3) is 5.16 Å². The lowest BCUT2D eigenvalue weighted by Gasteiger charge is -2.06. The lowest BCUT2D eigenvalue weighted by atomic mass is 10.1. The molecule has 0 aliphatic heterocycles. The Balaban J connectivity index is 2.07. The molecule has 0 unspecified atom stereocenters. The van der Waals surface area contributed by atoms with Gasteiger partial charge < -0.3 is 4.74 Å². The van der Waals surface area contributed by atoms with E-state index in [1.165, 1.54) is 7.11 Å². The summed E-state index contributed by atoms with van der Waals surface area (Å²) in [4.78, 5) is 3.93. The van der Waals surface area contributed by atoms with E-state index in [0.717, 1.165) is 25.7 Å². The number of rotatable bonds is 5. The van der Waals surface area contributed by atoms with Crippen LogP contribution in [0, 0.1) is 5.92 Å². The molecule has 2 rings (SSSR count). The summed E-state index contributed by atoms with van der Waals surface area (Å²) in [5.74, 6) is 0.874. The fraction of sp³-hybridized carbons (Fsp3) is 0.800. The van der Waals surface area contributed by atoms with Gasteiger partial charge in [-0.3, -0.25) is 5.10 Å². The first kappa shape index (κ1) is 12.5. The molecule has 0 atom stereocenters. The molecule has 17 heavy (non-hydrogen) atoms. The van der Waals surface area contributed by atoms with Crippen LogP contribution in [-0.4, -0.2) is 36.5 Å². The molecule has 0 amide bonds. The topological polar surface area (TPSA) is 84.9 Å². The number of nitrogens with one attached hydrogen (secondary N) is 1. The molecular formula is C10H17N3O3S. The zero-order valence-corrected chi connectivity index (χ0v) is 10.7. The maximum absolute atomic E-state index is 12.0. The molecule has 0 saturated heterocycles. The van der Waals surface area contributed by atoms with Gasteiger partial charge in [0.05, 0.1) is 5.75 Å². The van der Waals surface area contributed by atoms with Gasteiger partial charge in [0, 0.05) is 7.11 Å². The molecule has 1 N–H and O–H groups in total. The van der Waals surface area contributed by atoms with E-state index in [4.69, 9.17) is 4.74 Å². The van der Waals surface area contributed by atoms with Gasteiger partial charge in [-0.1, -0.05) is 12.8 Å². The summed E-state index contributed by atoms with van der Waals surface area (Å²) in [6, 6.07) is 0. The van der Waals surface area contributed by atoms with Crippen molar-refractivity contribution in [2.75, 3.05) is 12.9 Å². The molecule has 1 aromatic heterocycles. The van der Waals surface area contributed by atoms with Crippen LogP contribution in [0.4, 0.5) is 0 Å². The molecule has 0 radical (unpaired) electrons. The summed E-state index contributed by atoms with van der Waals surface area (Å²) in [5.41, 5.74) is 0. The summed E-state index contributed by atoms with van der Waals surface area (Å²) in [7, 11) is -1.83. The Hall–Kier alpha value is -0.950. The van der Waals surface area contributed by atoms with Gasteiger partial charge in [-0.25, -0.2) is 8.42 Å². The largest absolute Gasteiger partial charge is 0.377 e. The van der Waals surface area contributed by atoms with Gasteiger partial charge in [-0.15, -0.1) is 5.10 Å². The molecule has 1 aliphatic carbocycles. The van der Waals surface area contributed by atoms with Crippen LogP contribution in [0.3, 0.4) is 0 Å². The summed E-state index contributed by atoms with van der Waals surface area (Å²) >= 11 is 0. The average molecular weight is 259 g/mol. The van der Waals surface area contributed by atoms with Crippen LogP contribution < -0.4 is 0 Å². The third kappa shape index (κ3) is 3.04. The predicted octanol–water partition coefficient (Wildman–Crippen LogP) is 0.915. The van der Waals surface area contributed by atoms with Crippen molar-refractivity contribution in [3.63, 3.8) is 0 Å². The summed E-state index contributed by atoms with van der Waals surface area (Å²) in [6.07, 6.45) is 4.25. The monoisotopic (exact) mass is 259 g/mol. The Morgan fingerprint density at radius 1 is 1.41 bits per heavy atom. The first-order valence-electron chi connectivity index (χ1n) is 5.75. The van der Waals surface area contributed by atoms with Gasteiger partial charge in [0.15, 0.2) is 5.82 Å². The minimum atomic E-state index is -3.35. The highest BCUT2D eigenvalue weighted by molar-refractivity contribution is 7.91. The second kappa shape index (κ2) is 5.14. The Morgan fingerprint density at radius 3 is 2.76 bits per heavy atom. The Labute approximate surface area is 101 Å². The summed E-state index contributed by atoms with van der Waals surface area (Å²) in [6.45, 7) is 0.242. The molecular weight excluding hydrogens is 242 g/mol. The first-order chi connectivity index (χ1) is 8.12. The number of aromatic nitrogens is 3. The number of aromatic amines is 1.